The second-order valence-electron chi connectivity index (χ2n) is 4.41. The number of esters is 1. The van der Waals surface area contributed by atoms with Crippen LogP contribution in [0.4, 0.5) is 13.2 Å². The van der Waals surface area contributed by atoms with Crippen molar-refractivity contribution >= 4 is 5.97 Å². The van der Waals surface area contributed by atoms with Crippen LogP contribution in [0.25, 0.3) is 0 Å². The summed E-state index contributed by atoms with van der Waals surface area (Å²) < 4.78 is 54.1. The molecule has 0 saturated carbocycles. The molecule has 94 valence electrons. The molecule has 2 bridgehead atoms. The smallest absolute Gasteiger partial charge is 0.407 e. The van der Waals surface area contributed by atoms with Crippen LogP contribution < -0.4 is 0 Å². The van der Waals surface area contributed by atoms with E-state index in [1.165, 1.54) is 0 Å². The van der Waals surface area contributed by atoms with Gasteiger partial charge in [0.2, 0.25) is 0 Å². The van der Waals surface area contributed by atoms with Crippen molar-refractivity contribution in [3.63, 3.8) is 0 Å². The molecule has 3 saturated heterocycles. The van der Waals surface area contributed by atoms with E-state index in [1.807, 2.05) is 0 Å². The van der Waals surface area contributed by atoms with Gasteiger partial charge < -0.3 is 14.2 Å². The molecule has 3 rings (SSSR count). The fraction of sp³-hybridized carbons (Fsp3) is 0.700. The Kier molecular flexibility index (Phi) is 1.89. The summed E-state index contributed by atoms with van der Waals surface area (Å²) in [4.78, 5) is 11.5. The van der Waals surface area contributed by atoms with E-state index in [1.54, 1.807) is 0 Å². The molecule has 4 nitrogen and oxygen atoms in total. The topological polar surface area (TPSA) is 44.8 Å². The predicted molar refractivity (Wildman–Crippen MR) is 46.7 cm³/mol. The number of fused-ring (bicyclic) bond motifs is 1. The number of hydrogen-bond acceptors (Lipinski definition) is 4. The molecule has 0 aromatic heterocycles. The van der Waals surface area contributed by atoms with Gasteiger partial charge in [0.05, 0.1) is 6.26 Å². The lowest BCUT2D eigenvalue weighted by molar-refractivity contribution is -0.228. The summed E-state index contributed by atoms with van der Waals surface area (Å²) in [6.45, 7) is 3.33. The number of alkyl halides is 3. The van der Waals surface area contributed by atoms with Gasteiger partial charge >= 0.3 is 12.1 Å². The average molecular weight is 250 g/mol. The van der Waals surface area contributed by atoms with Crippen molar-refractivity contribution in [2.75, 3.05) is 0 Å². The molecule has 3 heterocycles. The number of hydrogen-bond donors (Lipinski definition) is 0. The molecule has 0 amide bonds. The summed E-state index contributed by atoms with van der Waals surface area (Å²) in [6, 6.07) is 0. The largest absolute Gasteiger partial charge is 0.492 e. The Labute approximate surface area is 94.3 Å². The van der Waals surface area contributed by atoms with E-state index in [2.05, 4.69) is 6.58 Å². The van der Waals surface area contributed by atoms with E-state index in [-0.39, 0.29) is 0 Å². The highest BCUT2D eigenvalue weighted by atomic mass is 19.4. The second kappa shape index (κ2) is 2.95. The van der Waals surface area contributed by atoms with Gasteiger partial charge in [-0.25, -0.2) is 0 Å². The molecule has 3 aliphatic rings. The summed E-state index contributed by atoms with van der Waals surface area (Å²) in [5.74, 6) is -1.25. The van der Waals surface area contributed by atoms with Crippen LogP contribution in [-0.4, -0.2) is 36.6 Å². The summed E-state index contributed by atoms with van der Waals surface area (Å²) in [6.07, 6.45) is -7.69. The van der Waals surface area contributed by atoms with Crippen LogP contribution in [0.2, 0.25) is 0 Å². The molecular formula is C10H9F3O4. The van der Waals surface area contributed by atoms with Crippen LogP contribution in [0.5, 0.6) is 0 Å². The molecule has 17 heavy (non-hydrogen) atoms. The van der Waals surface area contributed by atoms with Gasteiger partial charge in [0.25, 0.3) is 0 Å². The van der Waals surface area contributed by atoms with Crippen LogP contribution in [0.3, 0.4) is 0 Å². The predicted octanol–water partition coefficient (Wildman–Crippen LogP) is 1.16. The molecule has 0 N–H and O–H groups in total. The van der Waals surface area contributed by atoms with Gasteiger partial charge in [-0.15, -0.1) is 0 Å². The zero-order chi connectivity index (χ0) is 12.4. The normalized spacial score (nSPS) is 47.1. The van der Waals surface area contributed by atoms with E-state index >= 15 is 0 Å². The summed E-state index contributed by atoms with van der Waals surface area (Å²) in [7, 11) is 0. The molecule has 0 spiro atoms. The maximum atomic E-state index is 13.0. The number of carbonyl (C=O) groups is 1. The van der Waals surface area contributed by atoms with Crippen molar-refractivity contribution in [3.05, 3.63) is 12.8 Å². The standard InChI is InChI=1S/C10H9F3O4/c1-2-15-5-4-3-9(10(11,12)13)7(16-4)6(5)17-8(9)14/h2,4-7H,1,3H2. The van der Waals surface area contributed by atoms with Crippen molar-refractivity contribution < 1.29 is 32.2 Å². The molecule has 0 aliphatic carbocycles. The lowest BCUT2D eigenvalue weighted by atomic mass is 9.73. The van der Waals surface area contributed by atoms with Gasteiger partial charge in [0.1, 0.15) is 12.2 Å². The fourth-order valence-electron chi connectivity index (χ4n) is 2.95. The minimum absolute atomic E-state index is 0.436. The zero-order valence-electron chi connectivity index (χ0n) is 8.57. The molecule has 0 radical (unpaired) electrons. The van der Waals surface area contributed by atoms with E-state index < -0.39 is 48.4 Å². The first-order valence-electron chi connectivity index (χ1n) is 5.11. The first-order valence-corrected chi connectivity index (χ1v) is 5.11. The maximum Gasteiger partial charge on any atom is 0.407 e. The highest BCUT2D eigenvalue weighted by Gasteiger charge is 2.82. The van der Waals surface area contributed by atoms with Gasteiger partial charge in [-0.2, -0.15) is 13.2 Å². The molecule has 0 aromatic carbocycles. The fourth-order valence-corrected chi connectivity index (χ4v) is 2.95. The Morgan fingerprint density at radius 2 is 2.24 bits per heavy atom. The molecule has 5 unspecified atom stereocenters. The first kappa shape index (κ1) is 10.9. The second-order valence-corrected chi connectivity index (χ2v) is 4.41. The van der Waals surface area contributed by atoms with Gasteiger partial charge in [-0.3, -0.25) is 4.79 Å². The number of halogens is 3. The minimum atomic E-state index is -4.66. The highest BCUT2D eigenvalue weighted by Crippen LogP contribution is 2.61. The lowest BCUT2D eigenvalue weighted by Gasteiger charge is -2.29. The monoisotopic (exact) mass is 250 g/mol. The lowest BCUT2D eigenvalue weighted by Crippen LogP contribution is -2.51. The van der Waals surface area contributed by atoms with Crippen molar-refractivity contribution in [3.8, 4) is 0 Å². The Morgan fingerprint density at radius 3 is 2.82 bits per heavy atom. The molecule has 0 aromatic rings. The van der Waals surface area contributed by atoms with Gasteiger partial charge in [-0.1, -0.05) is 6.58 Å². The average Bonchev–Trinajstić information content (AvgIpc) is 2.79. The summed E-state index contributed by atoms with van der Waals surface area (Å²) in [5, 5.41) is 0. The summed E-state index contributed by atoms with van der Waals surface area (Å²) in [5.41, 5.74) is -2.50. The summed E-state index contributed by atoms with van der Waals surface area (Å²) >= 11 is 0. The van der Waals surface area contributed by atoms with Gasteiger partial charge in [0.15, 0.2) is 17.6 Å². The minimum Gasteiger partial charge on any atom is -0.492 e. The Balaban J connectivity index is 2.00. The van der Waals surface area contributed by atoms with Crippen LogP contribution >= 0.6 is 0 Å². The highest BCUT2D eigenvalue weighted by molar-refractivity contribution is 5.83. The van der Waals surface area contributed by atoms with E-state index in [0.717, 1.165) is 6.26 Å². The van der Waals surface area contributed by atoms with E-state index in [0.29, 0.717) is 0 Å². The maximum absolute atomic E-state index is 13.0. The van der Waals surface area contributed by atoms with Crippen molar-refractivity contribution in [1.82, 2.24) is 0 Å². The van der Waals surface area contributed by atoms with Crippen LogP contribution in [-0.2, 0) is 19.0 Å². The van der Waals surface area contributed by atoms with Crippen molar-refractivity contribution in [1.29, 1.82) is 0 Å². The first-order chi connectivity index (χ1) is 7.91. The quantitative estimate of drug-likeness (QED) is 0.545. The molecule has 3 aliphatic heterocycles. The van der Waals surface area contributed by atoms with Gasteiger partial charge in [-0.05, 0) is 0 Å². The Morgan fingerprint density at radius 1 is 1.53 bits per heavy atom. The number of ether oxygens (including phenoxy) is 3. The molecule has 7 heteroatoms. The Hall–Kier alpha value is -1.24. The molecule has 3 fully saturated rings. The van der Waals surface area contributed by atoms with E-state index in [9.17, 15) is 18.0 Å². The third-order valence-electron chi connectivity index (χ3n) is 3.69. The SMILES string of the molecule is C=COC1C2CC3(C(F)(F)F)C(=O)OC1C3O2. The third-order valence-corrected chi connectivity index (χ3v) is 3.69. The Bertz CT molecular complexity index is 394. The number of rotatable bonds is 2. The van der Waals surface area contributed by atoms with Gasteiger partial charge in [0, 0.05) is 6.42 Å². The van der Waals surface area contributed by atoms with Crippen LogP contribution in [0.15, 0.2) is 12.8 Å². The molecule has 5 atom stereocenters. The number of carbonyl (C=O) groups excluding carboxylic acids is 1. The third kappa shape index (κ3) is 1.05. The van der Waals surface area contributed by atoms with E-state index in [4.69, 9.17) is 14.2 Å². The van der Waals surface area contributed by atoms with Crippen molar-refractivity contribution in [2.24, 2.45) is 5.41 Å². The molecular weight excluding hydrogens is 241 g/mol. The zero-order valence-corrected chi connectivity index (χ0v) is 8.57. The van der Waals surface area contributed by atoms with Crippen molar-refractivity contribution in [2.45, 2.75) is 37.0 Å². The van der Waals surface area contributed by atoms with Crippen LogP contribution in [0, 0.1) is 5.41 Å². The van der Waals surface area contributed by atoms with Crippen LogP contribution in [0.1, 0.15) is 6.42 Å².